The van der Waals surface area contributed by atoms with Gasteiger partial charge in [0.15, 0.2) is 0 Å². The average Bonchev–Trinajstić information content (AvgIpc) is 3.31. The minimum absolute atomic E-state index is 0.0504. The van der Waals surface area contributed by atoms with Crippen LogP contribution in [0, 0.1) is 6.92 Å². The Morgan fingerprint density at radius 1 is 1.03 bits per heavy atom. The molecular formula is C22H22N6O3. The summed E-state index contributed by atoms with van der Waals surface area (Å²) in [7, 11) is 1.74. The molecule has 3 N–H and O–H groups in total. The van der Waals surface area contributed by atoms with Crippen molar-refractivity contribution in [3.05, 3.63) is 76.7 Å². The third-order valence-electron chi connectivity index (χ3n) is 5.31. The van der Waals surface area contributed by atoms with Crippen LogP contribution in [0.1, 0.15) is 12.1 Å². The quantitative estimate of drug-likeness (QED) is 0.654. The first kappa shape index (κ1) is 20.1. The Kier molecular flexibility index (Phi) is 5.16. The predicted molar refractivity (Wildman–Crippen MR) is 118 cm³/mol. The Morgan fingerprint density at radius 2 is 1.61 bits per heavy atom. The Bertz CT molecular complexity index is 1230. The van der Waals surface area contributed by atoms with E-state index in [-0.39, 0.29) is 23.4 Å². The first-order chi connectivity index (χ1) is 14.9. The molecule has 1 aliphatic rings. The number of hydrogen-bond acceptors (Lipinski definition) is 5. The number of carbonyl (C=O) groups is 2. The van der Waals surface area contributed by atoms with Gasteiger partial charge >= 0.3 is 0 Å². The lowest BCUT2D eigenvalue weighted by Gasteiger charge is -2.20. The summed E-state index contributed by atoms with van der Waals surface area (Å²) in [6, 6.07) is 17.4. The van der Waals surface area contributed by atoms with Gasteiger partial charge in [-0.15, -0.1) is 0 Å². The highest BCUT2D eigenvalue weighted by molar-refractivity contribution is 6.44. The third-order valence-corrected chi connectivity index (χ3v) is 5.31. The van der Waals surface area contributed by atoms with E-state index in [1.165, 1.54) is 9.69 Å². The van der Waals surface area contributed by atoms with E-state index in [4.69, 9.17) is 5.73 Å². The number of nitrogens with zero attached hydrogens (tertiary/aromatic N) is 4. The number of nitrogens with one attached hydrogen (secondary N) is 1. The first-order valence-corrected chi connectivity index (χ1v) is 9.75. The molecule has 9 heteroatoms. The molecule has 1 unspecified atom stereocenters. The Hall–Kier alpha value is -4.14. The fourth-order valence-electron chi connectivity index (χ4n) is 3.59. The second kappa shape index (κ2) is 7.94. The Balaban J connectivity index is 1.65. The van der Waals surface area contributed by atoms with Gasteiger partial charge in [0.05, 0.1) is 17.1 Å². The number of primary amides is 1. The molecule has 0 saturated heterocycles. The average molecular weight is 418 g/mol. The molecule has 3 aromatic rings. The van der Waals surface area contributed by atoms with E-state index in [2.05, 4.69) is 10.4 Å². The van der Waals surface area contributed by atoms with E-state index in [1.807, 2.05) is 36.4 Å². The molecule has 2 aromatic carbocycles. The molecule has 0 fully saturated rings. The summed E-state index contributed by atoms with van der Waals surface area (Å²) in [6.45, 7) is 1.75. The first-order valence-electron chi connectivity index (χ1n) is 9.75. The second-order valence-electron chi connectivity index (χ2n) is 7.24. The molecule has 31 heavy (non-hydrogen) atoms. The van der Waals surface area contributed by atoms with Gasteiger partial charge in [0.25, 0.3) is 11.5 Å². The molecule has 0 saturated carbocycles. The van der Waals surface area contributed by atoms with Gasteiger partial charge < -0.3 is 11.1 Å². The maximum Gasteiger partial charge on any atom is 0.295 e. The number of hydrazone groups is 1. The number of aromatic nitrogens is 2. The topological polar surface area (TPSA) is 115 Å². The lowest BCUT2D eigenvalue weighted by atomic mass is 10.1. The van der Waals surface area contributed by atoms with Crippen LogP contribution in [0.15, 0.2) is 70.6 Å². The molecule has 2 heterocycles. The second-order valence-corrected chi connectivity index (χ2v) is 7.24. The smallest absolute Gasteiger partial charge is 0.295 e. The Labute approximate surface area is 178 Å². The van der Waals surface area contributed by atoms with E-state index in [9.17, 15) is 14.4 Å². The van der Waals surface area contributed by atoms with Crippen molar-refractivity contribution in [2.75, 3.05) is 10.3 Å². The maximum atomic E-state index is 13.0. The van der Waals surface area contributed by atoms with Crippen LogP contribution >= 0.6 is 0 Å². The standard InChI is InChI=1S/C22H22N6O3/c1-14-19(22(31)28(26(14)2)16-11-7-4-8-12-16)24-21(30)17-13-18(20(23)29)27(25-17)15-9-5-3-6-10-15/h3-12,18H,13H2,1-2H3,(H2,23,29)(H,24,30). The van der Waals surface area contributed by atoms with Crippen molar-refractivity contribution in [1.82, 2.24) is 9.36 Å². The van der Waals surface area contributed by atoms with Gasteiger partial charge in [-0.3, -0.25) is 24.1 Å². The number of amides is 2. The maximum absolute atomic E-state index is 13.0. The summed E-state index contributed by atoms with van der Waals surface area (Å²) in [5, 5.41) is 8.45. The van der Waals surface area contributed by atoms with Gasteiger partial charge in [0, 0.05) is 13.5 Å². The monoisotopic (exact) mass is 418 g/mol. The van der Waals surface area contributed by atoms with Crippen LogP contribution in [0.2, 0.25) is 0 Å². The van der Waals surface area contributed by atoms with Crippen molar-refractivity contribution >= 4 is 28.9 Å². The van der Waals surface area contributed by atoms with Gasteiger partial charge in [-0.2, -0.15) is 5.10 Å². The van der Waals surface area contributed by atoms with Gasteiger partial charge in [0.1, 0.15) is 17.4 Å². The number of anilines is 2. The Morgan fingerprint density at radius 3 is 2.19 bits per heavy atom. The van der Waals surface area contributed by atoms with Crippen molar-refractivity contribution in [3.63, 3.8) is 0 Å². The summed E-state index contributed by atoms with van der Waals surface area (Å²) in [5.41, 5.74) is 7.38. The molecular weight excluding hydrogens is 396 g/mol. The number of carbonyl (C=O) groups excluding carboxylic acids is 2. The van der Waals surface area contributed by atoms with E-state index in [1.54, 1.807) is 42.9 Å². The number of nitrogens with two attached hydrogens (primary N) is 1. The minimum Gasteiger partial charge on any atom is -0.368 e. The molecule has 0 bridgehead atoms. The van der Waals surface area contributed by atoms with Crippen LogP contribution in [0.25, 0.3) is 5.69 Å². The van der Waals surface area contributed by atoms with Crippen LogP contribution < -0.4 is 21.6 Å². The van der Waals surface area contributed by atoms with Crippen molar-refractivity contribution in [3.8, 4) is 5.69 Å². The van der Waals surface area contributed by atoms with E-state index in [0.717, 1.165) is 0 Å². The fraction of sp³-hybridized carbons (Fsp3) is 0.182. The molecule has 2 amide bonds. The molecule has 0 aliphatic carbocycles. The van der Waals surface area contributed by atoms with Gasteiger partial charge in [-0.25, -0.2) is 4.68 Å². The summed E-state index contributed by atoms with van der Waals surface area (Å²) < 4.78 is 3.15. The van der Waals surface area contributed by atoms with Crippen molar-refractivity contribution in [1.29, 1.82) is 0 Å². The molecule has 1 atom stereocenters. The molecule has 1 aromatic heterocycles. The highest BCUT2D eigenvalue weighted by Crippen LogP contribution is 2.25. The molecule has 4 rings (SSSR count). The highest BCUT2D eigenvalue weighted by atomic mass is 16.2. The van der Waals surface area contributed by atoms with Crippen LogP contribution in [0.5, 0.6) is 0 Å². The summed E-state index contributed by atoms with van der Waals surface area (Å²) in [6.07, 6.45) is 0.0504. The molecule has 0 radical (unpaired) electrons. The summed E-state index contributed by atoms with van der Waals surface area (Å²) >= 11 is 0. The van der Waals surface area contributed by atoms with Crippen LogP contribution in [-0.2, 0) is 16.6 Å². The van der Waals surface area contributed by atoms with Crippen molar-refractivity contribution < 1.29 is 9.59 Å². The lowest BCUT2D eigenvalue weighted by molar-refractivity contribution is -0.119. The van der Waals surface area contributed by atoms with Gasteiger partial charge in [0.2, 0.25) is 5.91 Å². The van der Waals surface area contributed by atoms with Crippen LogP contribution in [0.4, 0.5) is 11.4 Å². The third kappa shape index (κ3) is 3.61. The van der Waals surface area contributed by atoms with Gasteiger partial charge in [-0.1, -0.05) is 36.4 Å². The SMILES string of the molecule is Cc1c(NC(=O)C2=NN(c3ccccc3)C(C(N)=O)C2)c(=O)n(-c2ccccc2)n1C. The van der Waals surface area contributed by atoms with Crippen molar-refractivity contribution in [2.24, 2.45) is 17.9 Å². The summed E-state index contributed by atoms with van der Waals surface area (Å²) in [5.74, 6) is -1.13. The molecule has 9 nitrogen and oxygen atoms in total. The molecule has 0 spiro atoms. The van der Waals surface area contributed by atoms with Crippen LogP contribution in [-0.4, -0.2) is 32.9 Å². The van der Waals surface area contributed by atoms with E-state index < -0.39 is 17.9 Å². The fourth-order valence-corrected chi connectivity index (χ4v) is 3.59. The zero-order chi connectivity index (χ0) is 22.1. The number of para-hydroxylation sites is 2. The zero-order valence-corrected chi connectivity index (χ0v) is 17.1. The van der Waals surface area contributed by atoms with Crippen molar-refractivity contribution in [2.45, 2.75) is 19.4 Å². The van der Waals surface area contributed by atoms with E-state index in [0.29, 0.717) is 17.1 Å². The predicted octanol–water partition coefficient (Wildman–Crippen LogP) is 1.54. The normalized spacial score (nSPS) is 15.6. The number of rotatable bonds is 5. The number of benzene rings is 2. The minimum atomic E-state index is -0.777. The van der Waals surface area contributed by atoms with Crippen LogP contribution in [0.3, 0.4) is 0 Å². The molecule has 158 valence electrons. The highest BCUT2D eigenvalue weighted by Gasteiger charge is 2.35. The van der Waals surface area contributed by atoms with Gasteiger partial charge in [-0.05, 0) is 31.2 Å². The lowest BCUT2D eigenvalue weighted by Crippen LogP contribution is -2.39. The summed E-state index contributed by atoms with van der Waals surface area (Å²) in [4.78, 5) is 37.9. The molecule has 1 aliphatic heterocycles. The zero-order valence-electron chi connectivity index (χ0n) is 17.1. The largest absolute Gasteiger partial charge is 0.368 e. The number of hydrogen-bond donors (Lipinski definition) is 2. The van der Waals surface area contributed by atoms with E-state index >= 15 is 0 Å².